The predicted octanol–water partition coefficient (Wildman–Crippen LogP) is 5.32. The lowest BCUT2D eigenvalue weighted by atomic mass is 9.94. The molecule has 3 aromatic carbocycles. The Morgan fingerprint density at radius 3 is 2.57 bits per heavy atom. The van der Waals surface area contributed by atoms with Crippen molar-refractivity contribution in [1.29, 1.82) is 5.26 Å². The van der Waals surface area contributed by atoms with Crippen molar-refractivity contribution in [2.24, 2.45) is 5.73 Å². The van der Waals surface area contributed by atoms with Gasteiger partial charge in [-0.05, 0) is 74.1 Å². The molecule has 2 N–H and O–H groups in total. The smallest absolute Gasteiger partial charge is 0.254 e. The Morgan fingerprint density at radius 1 is 1.11 bits per heavy atom. The molecular weight excluding hydrogens is 462 g/mol. The molecule has 0 bridgehead atoms. The molecule has 1 fully saturated rings. The third-order valence-corrected chi connectivity index (χ3v) is 6.93. The van der Waals surface area contributed by atoms with Crippen molar-refractivity contribution >= 4 is 5.91 Å². The molecule has 1 amide bonds. The van der Waals surface area contributed by atoms with Gasteiger partial charge in [0.2, 0.25) is 11.8 Å². The van der Waals surface area contributed by atoms with Crippen molar-refractivity contribution in [3.05, 3.63) is 95.4 Å². The van der Waals surface area contributed by atoms with Gasteiger partial charge in [-0.1, -0.05) is 48.5 Å². The van der Waals surface area contributed by atoms with Crippen molar-refractivity contribution < 1.29 is 9.21 Å². The van der Waals surface area contributed by atoms with E-state index in [-0.39, 0.29) is 17.8 Å². The van der Waals surface area contributed by atoms with Gasteiger partial charge in [-0.25, -0.2) is 0 Å². The highest BCUT2D eigenvalue weighted by molar-refractivity contribution is 5.97. The summed E-state index contributed by atoms with van der Waals surface area (Å²) in [5, 5.41) is 18.3. The molecule has 1 saturated heterocycles. The number of nitrogens with two attached hydrogens (primary N) is 1. The molecule has 2 atom stereocenters. The van der Waals surface area contributed by atoms with Crippen molar-refractivity contribution in [2.75, 3.05) is 6.54 Å². The van der Waals surface area contributed by atoms with Crippen LogP contribution in [0.15, 0.2) is 77.2 Å². The van der Waals surface area contributed by atoms with E-state index in [9.17, 15) is 10.1 Å². The lowest BCUT2D eigenvalue weighted by molar-refractivity contribution is 0.0747. The van der Waals surface area contributed by atoms with Crippen LogP contribution in [0.1, 0.15) is 54.1 Å². The summed E-state index contributed by atoms with van der Waals surface area (Å²) in [6, 6.07) is 25.2. The van der Waals surface area contributed by atoms with E-state index in [0.717, 1.165) is 36.1 Å². The molecule has 0 aliphatic carbocycles. The minimum absolute atomic E-state index is 0.0463. The van der Waals surface area contributed by atoms with Gasteiger partial charge in [0.15, 0.2) is 0 Å². The summed E-state index contributed by atoms with van der Waals surface area (Å²) >= 11 is 0. The van der Waals surface area contributed by atoms with Gasteiger partial charge < -0.3 is 15.1 Å². The minimum atomic E-state index is -0.874. The zero-order chi connectivity index (χ0) is 26.0. The molecule has 37 heavy (non-hydrogen) atoms. The van der Waals surface area contributed by atoms with Gasteiger partial charge in [-0.2, -0.15) is 5.26 Å². The quantitative estimate of drug-likeness (QED) is 0.391. The Bertz CT molecular complexity index is 1470. The SMILES string of the molecule is C[C@H]1CCCN1C(=O)c1cc(-c2nnc([C@@](C)(N)Cc3ccccc3)o2)cc(-c2ccccc2C#N)c1. The van der Waals surface area contributed by atoms with Crippen molar-refractivity contribution in [3.8, 4) is 28.7 Å². The number of likely N-dealkylation sites (tertiary alicyclic amines) is 1. The van der Waals surface area contributed by atoms with E-state index in [0.29, 0.717) is 29.0 Å². The topological polar surface area (TPSA) is 109 Å². The first kappa shape index (κ1) is 24.4. The summed E-state index contributed by atoms with van der Waals surface area (Å²) in [5.41, 5.74) is 9.93. The van der Waals surface area contributed by atoms with Crippen LogP contribution in [-0.2, 0) is 12.0 Å². The Labute approximate surface area is 216 Å². The molecule has 1 aliphatic rings. The lowest BCUT2D eigenvalue weighted by Crippen LogP contribution is -2.35. The van der Waals surface area contributed by atoms with Crippen LogP contribution in [0.3, 0.4) is 0 Å². The number of nitriles is 1. The summed E-state index contributed by atoms with van der Waals surface area (Å²) < 4.78 is 6.10. The van der Waals surface area contributed by atoms with E-state index < -0.39 is 5.54 Å². The highest BCUT2D eigenvalue weighted by Gasteiger charge is 2.30. The fraction of sp³-hybridized carbons (Fsp3) is 0.267. The third-order valence-electron chi connectivity index (χ3n) is 6.93. The normalized spacial score (nSPS) is 16.8. The van der Waals surface area contributed by atoms with E-state index in [1.165, 1.54) is 0 Å². The van der Waals surface area contributed by atoms with Crippen molar-refractivity contribution in [2.45, 2.75) is 44.7 Å². The van der Waals surface area contributed by atoms with Crippen molar-refractivity contribution in [3.63, 3.8) is 0 Å². The summed E-state index contributed by atoms with van der Waals surface area (Å²) in [7, 11) is 0. The maximum absolute atomic E-state index is 13.5. The van der Waals surface area contributed by atoms with Gasteiger partial charge in [0.05, 0.1) is 17.2 Å². The lowest BCUT2D eigenvalue weighted by Gasteiger charge is -2.22. The van der Waals surface area contributed by atoms with Crippen LogP contribution in [0.25, 0.3) is 22.6 Å². The number of carbonyl (C=O) groups is 1. The fourth-order valence-corrected chi connectivity index (χ4v) is 4.93. The molecule has 7 nitrogen and oxygen atoms in total. The molecule has 5 rings (SSSR count). The number of carbonyl (C=O) groups excluding carboxylic acids is 1. The van der Waals surface area contributed by atoms with Crippen molar-refractivity contribution in [1.82, 2.24) is 15.1 Å². The van der Waals surface area contributed by atoms with Gasteiger partial charge in [0.25, 0.3) is 5.91 Å². The van der Waals surface area contributed by atoms with E-state index in [1.807, 2.05) is 72.5 Å². The molecule has 0 saturated carbocycles. The van der Waals surface area contributed by atoms with Crippen LogP contribution in [0.2, 0.25) is 0 Å². The molecular formula is C30H29N5O2. The van der Waals surface area contributed by atoms with Gasteiger partial charge in [-0.15, -0.1) is 10.2 Å². The molecule has 1 aromatic heterocycles. The maximum atomic E-state index is 13.5. The number of amides is 1. The monoisotopic (exact) mass is 491 g/mol. The zero-order valence-electron chi connectivity index (χ0n) is 21.0. The average molecular weight is 492 g/mol. The van der Waals surface area contributed by atoms with E-state index in [2.05, 4.69) is 23.2 Å². The van der Waals surface area contributed by atoms with Crippen LogP contribution >= 0.6 is 0 Å². The molecule has 4 aromatic rings. The number of hydrogen-bond acceptors (Lipinski definition) is 6. The summed E-state index contributed by atoms with van der Waals surface area (Å²) in [6.45, 7) is 4.66. The standard InChI is InChI=1S/C30H29N5O2/c1-20-9-8-14-35(20)28(36)25-16-23(26-13-7-6-12-22(26)19-31)15-24(17-25)27-33-34-29(37-27)30(2,32)18-21-10-4-3-5-11-21/h3-7,10-13,15-17,20H,8-9,14,18,32H2,1-2H3/t20-,30-/m0/s1. The minimum Gasteiger partial charge on any atom is -0.419 e. The first-order valence-electron chi connectivity index (χ1n) is 12.5. The maximum Gasteiger partial charge on any atom is 0.254 e. The molecule has 0 spiro atoms. The number of aromatic nitrogens is 2. The Balaban J connectivity index is 1.56. The van der Waals surface area contributed by atoms with Crippen LogP contribution in [0, 0.1) is 11.3 Å². The summed E-state index contributed by atoms with van der Waals surface area (Å²) in [6.07, 6.45) is 2.50. The largest absolute Gasteiger partial charge is 0.419 e. The molecule has 2 heterocycles. The number of rotatable bonds is 6. The van der Waals surface area contributed by atoms with E-state index in [1.54, 1.807) is 12.1 Å². The highest BCUT2D eigenvalue weighted by atomic mass is 16.4. The molecule has 1 aliphatic heterocycles. The average Bonchev–Trinajstić information content (AvgIpc) is 3.58. The first-order chi connectivity index (χ1) is 17.9. The number of nitrogens with zero attached hydrogens (tertiary/aromatic N) is 4. The van der Waals surface area contributed by atoms with Crippen LogP contribution < -0.4 is 5.73 Å². The molecule has 0 unspecified atom stereocenters. The van der Waals surface area contributed by atoms with Gasteiger partial charge >= 0.3 is 0 Å². The first-order valence-corrected chi connectivity index (χ1v) is 12.5. The fourth-order valence-electron chi connectivity index (χ4n) is 4.93. The van der Waals surface area contributed by atoms with Gasteiger partial charge in [-0.3, -0.25) is 4.79 Å². The van der Waals surface area contributed by atoms with E-state index in [4.69, 9.17) is 10.2 Å². The van der Waals surface area contributed by atoms with Gasteiger partial charge in [0.1, 0.15) is 0 Å². The van der Waals surface area contributed by atoms with Crippen LogP contribution in [0.5, 0.6) is 0 Å². The Hall–Kier alpha value is -4.28. The second-order valence-electron chi connectivity index (χ2n) is 9.94. The Morgan fingerprint density at radius 2 is 1.84 bits per heavy atom. The van der Waals surface area contributed by atoms with Crippen LogP contribution in [0.4, 0.5) is 0 Å². The predicted molar refractivity (Wildman–Crippen MR) is 141 cm³/mol. The molecule has 0 radical (unpaired) electrons. The summed E-state index contributed by atoms with van der Waals surface area (Å²) in [5.74, 6) is 0.546. The molecule has 7 heteroatoms. The van der Waals surface area contributed by atoms with Gasteiger partial charge in [0, 0.05) is 23.7 Å². The summed E-state index contributed by atoms with van der Waals surface area (Å²) in [4.78, 5) is 15.4. The van der Waals surface area contributed by atoms with Crippen LogP contribution in [-0.4, -0.2) is 33.6 Å². The zero-order valence-corrected chi connectivity index (χ0v) is 21.0. The Kier molecular flexibility index (Phi) is 6.60. The van der Waals surface area contributed by atoms with E-state index >= 15 is 0 Å². The second-order valence-corrected chi connectivity index (χ2v) is 9.94. The number of benzene rings is 3. The highest BCUT2D eigenvalue weighted by Crippen LogP contribution is 2.32. The molecule has 186 valence electrons. The number of hydrogen-bond donors (Lipinski definition) is 1. The third kappa shape index (κ3) is 5.02. The second kappa shape index (κ2) is 10.00.